The summed E-state index contributed by atoms with van der Waals surface area (Å²) in [5, 5.41) is 0. The Bertz CT molecular complexity index is 127. The van der Waals surface area contributed by atoms with Gasteiger partial charge in [-0.05, 0) is 32.1 Å². The van der Waals surface area contributed by atoms with Gasteiger partial charge in [0.15, 0.2) is 0 Å². The van der Waals surface area contributed by atoms with Gasteiger partial charge in [0.2, 0.25) is 0 Å². The van der Waals surface area contributed by atoms with Gasteiger partial charge in [-0.25, -0.2) is 0 Å². The van der Waals surface area contributed by atoms with E-state index in [4.69, 9.17) is 11.6 Å². The second-order valence-electron chi connectivity index (χ2n) is 3.17. The molecule has 1 aliphatic rings. The molecular weight excluding hydrogens is 144 g/mol. The molecule has 0 spiro atoms. The highest BCUT2D eigenvalue weighted by molar-refractivity contribution is 6.18. The molecule has 10 heavy (non-hydrogen) atoms. The first-order chi connectivity index (χ1) is 4.83. The minimum Gasteiger partial charge on any atom is -0.126 e. The van der Waals surface area contributed by atoms with Crippen molar-refractivity contribution in [3.63, 3.8) is 0 Å². The van der Waals surface area contributed by atoms with Gasteiger partial charge in [0.1, 0.15) is 0 Å². The molecular formula is C9H15Cl. The van der Waals surface area contributed by atoms with Gasteiger partial charge in [-0.1, -0.05) is 18.1 Å². The van der Waals surface area contributed by atoms with Crippen LogP contribution in [0.3, 0.4) is 0 Å². The molecule has 1 atom stereocenters. The van der Waals surface area contributed by atoms with Crippen molar-refractivity contribution in [3.8, 4) is 0 Å². The highest BCUT2D eigenvalue weighted by Gasteiger charge is 2.07. The van der Waals surface area contributed by atoms with Crippen molar-refractivity contribution in [2.24, 2.45) is 5.92 Å². The maximum Gasteiger partial charge on any atom is 0.0286 e. The van der Waals surface area contributed by atoms with E-state index in [1.54, 1.807) is 0 Å². The van der Waals surface area contributed by atoms with Gasteiger partial charge in [0.05, 0.1) is 0 Å². The van der Waals surface area contributed by atoms with E-state index in [1.807, 2.05) is 0 Å². The van der Waals surface area contributed by atoms with Gasteiger partial charge in [0, 0.05) is 5.88 Å². The zero-order valence-corrected chi connectivity index (χ0v) is 7.32. The van der Waals surface area contributed by atoms with Crippen LogP contribution in [0.5, 0.6) is 0 Å². The fraction of sp³-hybridized carbons (Fsp3) is 0.778. The topological polar surface area (TPSA) is 0 Å². The Balaban J connectivity index is 2.48. The van der Waals surface area contributed by atoms with Gasteiger partial charge < -0.3 is 0 Å². The standard InChI is InChI=1S/C9H15Cl/c1-8-4-2-3-5-9(6-8)7-10/h6,9H,2-5,7H2,1H3. The molecule has 0 amide bonds. The first-order valence-corrected chi connectivity index (χ1v) is 4.59. The van der Waals surface area contributed by atoms with Crippen LogP contribution in [0.15, 0.2) is 11.6 Å². The minimum absolute atomic E-state index is 0.657. The van der Waals surface area contributed by atoms with Crippen LogP contribution >= 0.6 is 11.6 Å². The van der Waals surface area contributed by atoms with Crippen LogP contribution < -0.4 is 0 Å². The molecule has 0 aliphatic heterocycles. The lowest BCUT2D eigenvalue weighted by molar-refractivity contribution is 0.609. The van der Waals surface area contributed by atoms with E-state index >= 15 is 0 Å². The minimum atomic E-state index is 0.657. The molecule has 0 aromatic carbocycles. The smallest absolute Gasteiger partial charge is 0.0286 e. The predicted molar refractivity (Wildman–Crippen MR) is 46.4 cm³/mol. The number of alkyl halides is 1. The fourth-order valence-electron chi connectivity index (χ4n) is 1.50. The second-order valence-corrected chi connectivity index (χ2v) is 3.48. The van der Waals surface area contributed by atoms with E-state index < -0.39 is 0 Å². The molecule has 1 aliphatic carbocycles. The summed E-state index contributed by atoms with van der Waals surface area (Å²) < 4.78 is 0. The average molecular weight is 159 g/mol. The summed E-state index contributed by atoms with van der Waals surface area (Å²) in [7, 11) is 0. The monoisotopic (exact) mass is 158 g/mol. The van der Waals surface area contributed by atoms with Crippen LogP contribution in [0.1, 0.15) is 32.6 Å². The summed E-state index contributed by atoms with van der Waals surface area (Å²) in [5.41, 5.74) is 1.53. The first-order valence-electron chi connectivity index (χ1n) is 4.06. The number of rotatable bonds is 1. The third-order valence-electron chi connectivity index (χ3n) is 2.11. The van der Waals surface area contributed by atoms with E-state index in [-0.39, 0.29) is 0 Å². The summed E-state index contributed by atoms with van der Waals surface area (Å²) in [6, 6.07) is 0. The van der Waals surface area contributed by atoms with E-state index in [0.717, 1.165) is 5.88 Å². The van der Waals surface area contributed by atoms with Gasteiger partial charge in [-0.2, -0.15) is 0 Å². The molecule has 0 fully saturated rings. The van der Waals surface area contributed by atoms with Crippen molar-refractivity contribution >= 4 is 11.6 Å². The highest BCUT2D eigenvalue weighted by Crippen LogP contribution is 2.22. The van der Waals surface area contributed by atoms with Crippen LogP contribution in [0.2, 0.25) is 0 Å². The number of halogens is 1. The lowest BCUT2D eigenvalue weighted by Gasteiger charge is -2.04. The maximum atomic E-state index is 5.77. The molecule has 0 saturated heterocycles. The van der Waals surface area contributed by atoms with E-state index in [0.29, 0.717) is 5.92 Å². The molecule has 0 saturated carbocycles. The Kier molecular flexibility index (Phi) is 3.27. The van der Waals surface area contributed by atoms with Crippen LogP contribution in [-0.4, -0.2) is 5.88 Å². The highest BCUT2D eigenvalue weighted by atomic mass is 35.5. The van der Waals surface area contributed by atoms with Crippen molar-refractivity contribution in [2.75, 3.05) is 5.88 Å². The Morgan fingerprint density at radius 3 is 3.10 bits per heavy atom. The van der Waals surface area contributed by atoms with Crippen molar-refractivity contribution < 1.29 is 0 Å². The van der Waals surface area contributed by atoms with Crippen LogP contribution in [0, 0.1) is 5.92 Å². The molecule has 0 nitrogen and oxygen atoms in total. The second kappa shape index (κ2) is 4.02. The third kappa shape index (κ3) is 2.34. The lowest BCUT2D eigenvalue weighted by Crippen LogP contribution is -1.96. The Labute approximate surface area is 68.3 Å². The van der Waals surface area contributed by atoms with Crippen molar-refractivity contribution in [3.05, 3.63) is 11.6 Å². The van der Waals surface area contributed by atoms with Gasteiger partial charge in [-0.3, -0.25) is 0 Å². The van der Waals surface area contributed by atoms with Crippen molar-refractivity contribution in [1.29, 1.82) is 0 Å². The van der Waals surface area contributed by atoms with Gasteiger partial charge in [-0.15, -0.1) is 11.6 Å². The zero-order valence-electron chi connectivity index (χ0n) is 6.57. The molecule has 1 unspecified atom stereocenters. The summed E-state index contributed by atoms with van der Waals surface area (Å²) in [5.74, 6) is 1.46. The van der Waals surface area contributed by atoms with Crippen molar-refractivity contribution in [1.82, 2.24) is 0 Å². The molecule has 1 rings (SSSR count). The molecule has 0 aromatic rings. The number of allylic oxidation sites excluding steroid dienone is 2. The maximum absolute atomic E-state index is 5.77. The molecule has 0 bridgehead atoms. The van der Waals surface area contributed by atoms with Crippen molar-refractivity contribution in [2.45, 2.75) is 32.6 Å². The third-order valence-corrected chi connectivity index (χ3v) is 2.51. The lowest BCUT2D eigenvalue weighted by atomic mass is 10.1. The van der Waals surface area contributed by atoms with Gasteiger partial charge >= 0.3 is 0 Å². The number of hydrogen-bond acceptors (Lipinski definition) is 0. The summed E-state index contributed by atoms with van der Waals surface area (Å²) >= 11 is 5.77. The number of hydrogen-bond donors (Lipinski definition) is 0. The van der Waals surface area contributed by atoms with E-state index in [2.05, 4.69) is 13.0 Å². The SMILES string of the molecule is CC1=CC(CCl)CCCC1. The Morgan fingerprint density at radius 2 is 2.40 bits per heavy atom. The Hall–Kier alpha value is 0.0300. The summed E-state index contributed by atoms with van der Waals surface area (Å²) in [6.45, 7) is 2.21. The largest absolute Gasteiger partial charge is 0.126 e. The Morgan fingerprint density at radius 1 is 1.60 bits per heavy atom. The molecule has 58 valence electrons. The zero-order chi connectivity index (χ0) is 7.40. The fourth-order valence-corrected chi connectivity index (χ4v) is 1.74. The van der Waals surface area contributed by atoms with E-state index in [1.165, 1.54) is 31.3 Å². The molecule has 0 radical (unpaired) electrons. The first kappa shape index (κ1) is 8.13. The predicted octanol–water partition coefficient (Wildman–Crippen LogP) is 3.36. The molecule has 0 heterocycles. The summed E-state index contributed by atoms with van der Waals surface area (Å²) in [4.78, 5) is 0. The molecule has 0 N–H and O–H groups in total. The van der Waals surface area contributed by atoms with Gasteiger partial charge in [0.25, 0.3) is 0 Å². The summed E-state index contributed by atoms with van der Waals surface area (Å²) in [6.07, 6.45) is 7.63. The molecule has 0 aromatic heterocycles. The van der Waals surface area contributed by atoms with E-state index in [9.17, 15) is 0 Å². The van der Waals surface area contributed by atoms with Crippen LogP contribution in [0.25, 0.3) is 0 Å². The molecule has 1 heteroatoms. The quantitative estimate of drug-likeness (QED) is 0.406. The average Bonchev–Trinajstić information content (AvgIpc) is 2.13. The van der Waals surface area contributed by atoms with Crippen LogP contribution in [-0.2, 0) is 0 Å². The van der Waals surface area contributed by atoms with Crippen LogP contribution in [0.4, 0.5) is 0 Å². The normalized spacial score (nSPS) is 27.4.